The van der Waals surface area contributed by atoms with Crippen LogP contribution in [0.1, 0.15) is 30.3 Å². The standard InChI is InChI=1S/C13H20N2O4S/c1-3-15-8-4-5-11(15)9-14(2)20(17,18)13-7-6-12(10-16)19-13/h6-7,10-11H,3-5,8-9H2,1-2H3. The normalized spacial score (nSPS) is 20.6. The van der Waals surface area contributed by atoms with Crippen LogP contribution in [0.2, 0.25) is 0 Å². The van der Waals surface area contributed by atoms with Crippen molar-refractivity contribution in [2.24, 2.45) is 0 Å². The van der Waals surface area contributed by atoms with E-state index in [2.05, 4.69) is 11.8 Å². The van der Waals surface area contributed by atoms with E-state index in [1.165, 1.54) is 16.4 Å². The van der Waals surface area contributed by atoms with Crippen LogP contribution in [0.25, 0.3) is 0 Å². The van der Waals surface area contributed by atoms with E-state index in [0.717, 1.165) is 25.9 Å². The number of rotatable bonds is 6. The van der Waals surface area contributed by atoms with Crippen molar-refractivity contribution in [3.05, 3.63) is 17.9 Å². The lowest BCUT2D eigenvalue weighted by Gasteiger charge is -2.26. The summed E-state index contributed by atoms with van der Waals surface area (Å²) in [6.45, 7) is 4.46. The van der Waals surface area contributed by atoms with Crippen LogP contribution in [0.5, 0.6) is 0 Å². The van der Waals surface area contributed by atoms with Gasteiger partial charge in [-0.3, -0.25) is 9.69 Å². The minimum absolute atomic E-state index is 0.0213. The van der Waals surface area contributed by atoms with Crippen molar-refractivity contribution < 1.29 is 17.6 Å². The number of carbonyl (C=O) groups excluding carboxylic acids is 1. The van der Waals surface area contributed by atoms with Crippen molar-refractivity contribution in [1.82, 2.24) is 9.21 Å². The fourth-order valence-electron chi connectivity index (χ4n) is 2.60. The summed E-state index contributed by atoms with van der Waals surface area (Å²) >= 11 is 0. The van der Waals surface area contributed by atoms with Crippen molar-refractivity contribution in [3.8, 4) is 0 Å². The smallest absolute Gasteiger partial charge is 0.276 e. The molecule has 1 fully saturated rings. The maximum atomic E-state index is 12.3. The molecule has 1 unspecified atom stereocenters. The molecule has 112 valence electrons. The van der Waals surface area contributed by atoms with Gasteiger partial charge in [-0.15, -0.1) is 0 Å². The number of hydrogen-bond donors (Lipinski definition) is 0. The zero-order valence-corrected chi connectivity index (χ0v) is 12.6. The predicted molar refractivity (Wildman–Crippen MR) is 74.2 cm³/mol. The molecular weight excluding hydrogens is 280 g/mol. The third kappa shape index (κ3) is 2.94. The number of furan rings is 1. The molecular formula is C13H20N2O4S. The van der Waals surface area contributed by atoms with Crippen LogP contribution in [0, 0.1) is 0 Å². The minimum Gasteiger partial charge on any atom is -0.440 e. The van der Waals surface area contributed by atoms with E-state index in [-0.39, 0.29) is 16.9 Å². The number of sulfonamides is 1. The lowest BCUT2D eigenvalue weighted by atomic mass is 10.2. The fraction of sp³-hybridized carbons (Fsp3) is 0.615. The van der Waals surface area contributed by atoms with Crippen molar-refractivity contribution in [2.75, 3.05) is 26.7 Å². The zero-order chi connectivity index (χ0) is 14.8. The quantitative estimate of drug-likeness (QED) is 0.738. The van der Waals surface area contributed by atoms with Gasteiger partial charge in [0.1, 0.15) is 0 Å². The first-order chi connectivity index (χ1) is 9.48. The highest BCUT2D eigenvalue weighted by Crippen LogP contribution is 2.21. The molecule has 0 amide bonds. The fourth-order valence-corrected chi connectivity index (χ4v) is 3.72. The van der Waals surface area contributed by atoms with Gasteiger partial charge in [0.15, 0.2) is 12.0 Å². The van der Waals surface area contributed by atoms with E-state index in [4.69, 9.17) is 4.42 Å². The number of likely N-dealkylation sites (N-methyl/N-ethyl adjacent to an activating group) is 2. The Labute approximate surface area is 119 Å². The molecule has 0 saturated carbocycles. The third-order valence-corrected chi connectivity index (χ3v) is 5.45. The maximum absolute atomic E-state index is 12.3. The molecule has 1 saturated heterocycles. The first kappa shape index (κ1) is 15.2. The van der Waals surface area contributed by atoms with Crippen LogP contribution < -0.4 is 0 Å². The van der Waals surface area contributed by atoms with Gasteiger partial charge in [-0.1, -0.05) is 6.92 Å². The second-order valence-electron chi connectivity index (χ2n) is 4.98. The highest BCUT2D eigenvalue weighted by atomic mass is 32.2. The summed E-state index contributed by atoms with van der Waals surface area (Å²) in [4.78, 5) is 12.9. The third-order valence-electron chi connectivity index (χ3n) is 3.76. The molecule has 0 aromatic carbocycles. The van der Waals surface area contributed by atoms with Crippen LogP contribution in [0.4, 0.5) is 0 Å². The summed E-state index contributed by atoms with van der Waals surface area (Å²) in [7, 11) is -2.12. The van der Waals surface area contributed by atoms with Gasteiger partial charge in [-0.2, -0.15) is 4.31 Å². The highest BCUT2D eigenvalue weighted by molar-refractivity contribution is 7.89. The van der Waals surface area contributed by atoms with Crippen LogP contribution in [0.3, 0.4) is 0 Å². The maximum Gasteiger partial charge on any atom is 0.276 e. The molecule has 20 heavy (non-hydrogen) atoms. The van der Waals surface area contributed by atoms with Crippen LogP contribution in [-0.2, 0) is 10.0 Å². The molecule has 2 rings (SSSR count). The SMILES string of the molecule is CCN1CCCC1CN(C)S(=O)(=O)c1ccc(C=O)o1. The van der Waals surface area contributed by atoms with Gasteiger partial charge in [-0.25, -0.2) is 8.42 Å². The molecule has 1 aliphatic rings. The van der Waals surface area contributed by atoms with Gasteiger partial charge in [0.2, 0.25) is 5.09 Å². The Kier molecular flexibility index (Phi) is 4.62. The second kappa shape index (κ2) is 6.07. The number of carbonyl (C=O) groups is 1. The Morgan fingerprint density at radius 3 is 2.85 bits per heavy atom. The van der Waals surface area contributed by atoms with E-state index in [1.54, 1.807) is 7.05 Å². The summed E-state index contributed by atoms with van der Waals surface area (Å²) in [6, 6.07) is 2.93. The average Bonchev–Trinajstić information content (AvgIpc) is 3.07. The summed E-state index contributed by atoms with van der Waals surface area (Å²) in [5.74, 6) is 0.0213. The Hall–Kier alpha value is -1.18. The van der Waals surface area contributed by atoms with E-state index in [1.807, 2.05) is 0 Å². The number of nitrogens with zero attached hydrogens (tertiary/aromatic N) is 2. The predicted octanol–water partition coefficient (Wildman–Crippen LogP) is 1.20. The van der Waals surface area contributed by atoms with Crippen molar-refractivity contribution >= 4 is 16.3 Å². The van der Waals surface area contributed by atoms with Crippen molar-refractivity contribution in [3.63, 3.8) is 0 Å². The summed E-state index contributed by atoms with van der Waals surface area (Å²) < 4.78 is 31.0. The summed E-state index contributed by atoms with van der Waals surface area (Å²) in [5.41, 5.74) is 0. The molecule has 1 atom stereocenters. The molecule has 1 aliphatic heterocycles. The van der Waals surface area contributed by atoms with E-state index < -0.39 is 10.0 Å². The lowest BCUT2D eigenvalue weighted by molar-refractivity contribution is 0.109. The summed E-state index contributed by atoms with van der Waals surface area (Å²) in [5, 5.41) is -0.178. The Bertz CT molecular complexity index is 567. The molecule has 1 aromatic rings. The Balaban J connectivity index is 2.10. The van der Waals surface area contributed by atoms with Gasteiger partial charge >= 0.3 is 0 Å². The van der Waals surface area contributed by atoms with Crippen LogP contribution >= 0.6 is 0 Å². The second-order valence-corrected chi connectivity index (χ2v) is 6.96. The van der Waals surface area contributed by atoms with E-state index >= 15 is 0 Å². The molecule has 0 bridgehead atoms. The van der Waals surface area contributed by atoms with Crippen LogP contribution in [-0.4, -0.2) is 56.6 Å². The van der Waals surface area contributed by atoms with Gasteiger partial charge < -0.3 is 4.42 Å². The topological polar surface area (TPSA) is 70.8 Å². The van der Waals surface area contributed by atoms with Gasteiger partial charge in [0, 0.05) is 19.6 Å². The lowest BCUT2D eigenvalue weighted by Crippen LogP contribution is -2.41. The van der Waals surface area contributed by atoms with Crippen molar-refractivity contribution in [1.29, 1.82) is 0 Å². The molecule has 1 aromatic heterocycles. The molecule has 0 N–H and O–H groups in total. The molecule has 6 nitrogen and oxygen atoms in total. The van der Waals surface area contributed by atoms with E-state index in [9.17, 15) is 13.2 Å². The first-order valence-corrected chi connectivity index (χ1v) is 8.18. The van der Waals surface area contributed by atoms with Crippen LogP contribution in [0.15, 0.2) is 21.6 Å². The average molecular weight is 300 g/mol. The van der Waals surface area contributed by atoms with Gasteiger partial charge in [0.25, 0.3) is 10.0 Å². The molecule has 0 spiro atoms. The minimum atomic E-state index is -3.67. The highest BCUT2D eigenvalue weighted by Gasteiger charge is 2.30. The Morgan fingerprint density at radius 1 is 1.50 bits per heavy atom. The van der Waals surface area contributed by atoms with Gasteiger partial charge in [-0.05, 0) is 38.1 Å². The zero-order valence-electron chi connectivity index (χ0n) is 11.8. The molecule has 7 heteroatoms. The molecule has 2 heterocycles. The van der Waals surface area contributed by atoms with Gasteiger partial charge in [0.05, 0.1) is 0 Å². The molecule has 0 radical (unpaired) electrons. The van der Waals surface area contributed by atoms with E-state index in [0.29, 0.717) is 12.8 Å². The molecule has 0 aliphatic carbocycles. The monoisotopic (exact) mass is 300 g/mol. The largest absolute Gasteiger partial charge is 0.440 e. The number of likely N-dealkylation sites (tertiary alicyclic amines) is 1. The number of hydrogen-bond acceptors (Lipinski definition) is 5. The first-order valence-electron chi connectivity index (χ1n) is 6.74. The summed E-state index contributed by atoms with van der Waals surface area (Å²) in [6.07, 6.45) is 2.60. The number of aldehydes is 1. The van der Waals surface area contributed by atoms with Crippen molar-refractivity contribution in [2.45, 2.75) is 30.9 Å². The Morgan fingerprint density at radius 2 is 2.25 bits per heavy atom.